The van der Waals surface area contributed by atoms with Gasteiger partial charge in [0, 0.05) is 18.7 Å². The molecule has 5 heteroatoms. The molecule has 28 heavy (non-hydrogen) atoms. The topological polar surface area (TPSA) is 67.4 Å². The Kier molecular flexibility index (Phi) is 6.21. The largest absolute Gasteiger partial charge is 0.455 e. The van der Waals surface area contributed by atoms with Crippen LogP contribution in [0.25, 0.3) is 6.08 Å². The predicted octanol–water partition coefficient (Wildman–Crippen LogP) is 5.09. The van der Waals surface area contributed by atoms with Crippen LogP contribution in [0.5, 0.6) is 11.5 Å². The van der Waals surface area contributed by atoms with Crippen molar-refractivity contribution in [3.8, 4) is 11.5 Å². The predicted molar refractivity (Wildman–Crippen MR) is 111 cm³/mol. The van der Waals surface area contributed by atoms with Crippen molar-refractivity contribution < 1.29 is 14.3 Å². The first kappa shape index (κ1) is 18.9. The lowest BCUT2D eigenvalue weighted by atomic mass is 10.2. The quantitative estimate of drug-likeness (QED) is 0.592. The first-order chi connectivity index (χ1) is 13.6. The van der Waals surface area contributed by atoms with Gasteiger partial charge in [-0.3, -0.25) is 9.59 Å². The maximum absolute atomic E-state index is 12.3. The highest BCUT2D eigenvalue weighted by atomic mass is 16.5. The summed E-state index contributed by atoms with van der Waals surface area (Å²) in [5.41, 5.74) is 2.14. The molecular formula is C23H20N2O3. The molecule has 0 saturated heterocycles. The Morgan fingerprint density at radius 2 is 1.50 bits per heavy atom. The van der Waals surface area contributed by atoms with E-state index >= 15 is 0 Å². The number of hydrogen-bond donors (Lipinski definition) is 2. The summed E-state index contributed by atoms with van der Waals surface area (Å²) in [5, 5.41) is 5.53. The van der Waals surface area contributed by atoms with Crippen molar-refractivity contribution in [1.82, 2.24) is 0 Å². The molecule has 3 aromatic carbocycles. The molecule has 140 valence electrons. The Bertz CT molecular complexity index is 980. The molecule has 3 rings (SSSR count). The van der Waals surface area contributed by atoms with Crippen LogP contribution in [0.3, 0.4) is 0 Å². The van der Waals surface area contributed by atoms with E-state index < -0.39 is 0 Å². The number of carbonyl (C=O) groups is 2. The number of benzene rings is 3. The zero-order chi connectivity index (χ0) is 19.8. The summed E-state index contributed by atoms with van der Waals surface area (Å²) >= 11 is 0. The fourth-order valence-electron chi connectivity index (χ4n) is 2.50. The van der Waals surface area contributed by atoms with Gasteiger partial charge in [-0.2, -0.15) is 0 Å². The fourth-order valence-corrected chi connectivity index (χ4v) is 2.50. The summed E-state index contributed by atoms with van der Waals surface area (Å²) in [5.74, 6) is 0.864. The van der Waals surface area contributed by atoms with Gasteiger partial charge >= 0.3 is 0 Å². The van der Waals surface area contributed by atoms with E-state index in [0.29, 0.717) is 22.9 Å². The van der Waals surface area contributed by atoms with Gasteiger partial charge in [-0.15, -0.1) is 0 Å². The van der Waals surface area contributed by atoms with Gasteiger partial charge in [-0.25, -0.2) is 0 Å². The zero-order valence-electron chi connectivity index (χ0n) is 15.4. The van der Waals surface area contributed by atoms with E-state index in [4.69, 9.17) is 4.74 Å². The maximum Gasteiger partial charge on any atom is 0.248 e. The maximum atomic E-state index is 12.3. The molecule has 0 atom stereocenters. The van der Waals surface area contributed by atoms with Gasteiger partial charge in [0.2, 0.25) is 11.8 Å². The summed E-state index contributed by atoms with van der Waals surface area (Å²) < 4.78 is 5.84. The van der Waals surface area contributed by atoms with Gasteiger partial charge < -0.3 is 15.4 Å². The Balaban J connectivity index is 1.65. The van der Waals surface area contributed by atoms with Crippen molar-refractivity contribution >= 4 is 29.3 Å². The summed E-state index contributed by atoms with van der Waals surface area (Å²) in [4.78, 5) is 23.3. The third kappa shape index (κ3) is 5.57. The molecule has 0 aliphatic carbocycles. The molecule has 0 unspecified atom stereocenters. The standard InChI is InChI=1S/C23H20N2O3/c1-17(26)24-19-14-11-18(12-15-19)13-16-23(27)25-21-9-5-6-10-22(21)28-20-7-3-2-4-8-20/h2-16H,1H3,(H,24,26)(H,25,27)/b16-13+. The smallest absolute Gasteiger partial charge is 0.248 e. The van der Waals surface area contributed by atoms with Gasteiger partial charge in [-0.05, 0) is 48.0 Å². The lowest BCUT2D eigenvalue weighted by Gasteiger charge is -2.11. The highest BCUT2D eigenvalue weighted by Crippen LogP contribution is 2.29. The van der Waals surface area contributed by atoms with E-state index in [-0.39, 0.29) is 11.8 Å². The second kappa shape index (κ2) is 9.19. The van der Waals surface area contributed by atoms with Crippen LogP contribution in [0, 0.1) is 0 Å². The Morgan fingerprint density at radius 3 is 2.21 bits per heavy atom. The molecule has 0 saturated carbocycles. The third-order valence-corrected chi connectivity index (χ3v) is 3.77. The number of carbonyl (C=O) groups excluding carboxylic acids is 2. The van der Waals surface area contributed by atoms with E-state index in [0.717, 1.165) is 5.56 Å². The molecule has 0 aliphatic rings. The molecular weight excluding hydrogens is 352 g/mol. The van der Waals surface area contributed by atoms with Crippen LogP contribution < -0.4 is 15.4 Å². The third-order valence-electron chi connectivity index (χ3n) is 3.77. The second-order valence-electron chi connectivity index (χ2n) is 6.04. The first-order valence-electron chi connectivity index (χ1n) is 8.79. The summed E-state index contributed by atoms with van der Waals surface area (Å²) in [6.45, 7) is 1.46. The summed E-state index contributed by atoms with van der Waals surface area (Å²) in [6.07, 6.45) is 3.15. The van der Waals surface area contributed by atoms with Crippen molar-refractivity contribution in [1.29, 1.82) is 0 Å². The van der Waals surface area contributed by atoms with Crippen molar-refractivity contribution in [2.24, 2.45) is 0 Å². The normalized spacial score (nSPS) is 10.5. The van der Waals surface area contributed by atoms with Crippen LogP contribution in [-0.2, 0) is 9.59 Å². The second-order valence-corrected chi connectivity index (χ2v) is 6.04. The number of ether oxygens (including phenoxy) is 1. The van der Waals surface area contributed by atoms with E-state index in [1.54, 1.807) is 30.3 Å². The average molecular weight is 372 g/mol. The highest BCUT2D eigenvalue weighted by Gasteiger charge is 2.06. The van der Waals surface area contributed by atoms with E-state index in [9.17, 15) is 9.59 Å². The summed E-state index contributed by atoms with van der Waals surface area (Å²) in [6, 6.07) is 23.8. The van der Waals surface area contributed by atoms with Gasteiger partial charge in [0.15, 0.2) is 5.75 Å². The van der Waals surface area contributed by atoms with Crippen LogP contribution in [0.4, 0.5) is 11.4 Å². The van der Waals surface area contributed by atoms with Crippen LogP contribution in [-0.4, -0.2) is 11.8 Å². The van der Waals surface area contributed by atoms with Crippen LogP contribution >= 0.6 is 0 Å². The zero-order valence-corrected chi connectivity index (χ0v) is 15.4. The van der Waals surface area contributed by atoms with Crippen LogP contribution in [0.1, 0.15) is 12.5 Å². The highest BCUT2D eigenvalue weighted by molar-refractivity contribution is 6.02. The molecule has 2 amide bonds. The molecule has 5 nitrogen and oxygen atoms in total. The van der Waals surface area contributed by atoms with Crippen molar-refractivity contribution in [2.75, 3.05) is 10.6 Å². The van der Waals surface area contributed by atoms with Crippen molar-refractivity contribution in [3.63, 3.8) is 0 Å². The fraction of sp³-hybridized carbons (Fsp3) is 0.0435. The number of amides is 2. The number of hydrogen-bond acceptors (Lipinski definition) is 3. The van der Waals surface area contributed by atoms with Gasteiger partial charge in [-0.1, -0.05) is 42.5 Å². The molecule has 0 spiro atoms. The van der Waals surface area contributed by atoms with Crippen LogP contribution in [0.2, 0.25) is 0 Å². The minimum atomic E-state index is -0.268. The first-order valence-corrected chi connectivity index (χ1v) is 8.79. The Morgan fingerprint density at radius 1 is 0.821 bits per heavy atom. The van der Waals surface area contributed by atoms with E-state index in [1.807, 2.05) is 54.6 Å². The van der Waals surface area contributed by atoms with Gasteiger partial charge in [0.05, 0.1) is 5.69 Å². The molecule has 2 N–H and O–H groups in total. The average Bonchev–Trinajstić information content (AvgIpc) is 2.69. The number of nitrogens with one attached hydrogen (secondary N) is 2. The van der Waals surface area contributed by atoms with Crippen LogP contribution in [0.15, 0.2) is 84.9 Å². The lowest BCUT2D eigenvalue weighted by Crippen LogP contribution is -2.08. The molecule has 3 aromatic rings. The Labute approximate surface area is 163 Å². The van der Waals surface area contributed by atoms with Crippen molar-refractivity contribution in [3.05, 3.63) is 90.5 Å². The monoisotopic (exact) mass is 372 g/mol. The molecule has 0 aliphatic heterocycles. The molecule has 0 bridgehead atoms. The lowest BCUT2D eigenvalue weighted by molar-refractivity contribution is -0.114. The Hall–Kier alpha value is -3.86. The molecule has 0 radical (unpaired) electrons. The number of anilines is 2. The minimum Gasteiger partial charge on any atom is -0.455 e. The van der Waals surface area contributed by atoms with E-state index in [1.165, 1.54) is 13.0 Å². The van der Waals surface area contributed by atoms with Crippen molar-refractivity contribution in [2.45, 2.75) is 6.92 Å². The minimum absolute atomic E-state index is 0.126. The molecule has 0 heterocycles. The number of rotatable bonds is 6. The molecule has 0 fully saturated rings. The SMILES string of the molecule is CC(=O)Nc1ccc(/C=C/C(=O)Nc2ccccc2Oc2ccccc2)cc1. The van der Waals surface area contributed by atoms with Gasteiger partial charge in [0.25, 0.3) is 0 Å². The van der Waals surface area contributed by atoms with Gasteiger partial charge in [0.1, 0.15) is 5.75 Å². The summed E-state index contributed by atoms with van der Waals surface area (Å²) in [7, 11) is 0. The number of para-hydroxylation sites is 3. The van der Waals surface area contributed by atoms with E-state index in [2.05, 4.69) is 10.6 Å². The molecule has 0 aromatic heterocycles.